The first-order valence-electron chi connectivity index (χ1n) is 8.41. The zero-order valence-electron chi connectivity index (χ0n) is 13.9. The largest absolute Gasteiger partial charge is 0.330 e. The minimum Gasteiger partial charge on any atom is -0.330 e. The molecule has 4 rings (SSSR count). The number of benzene rings is 1. The second-order valence-corrected chi connectivity index (χ2v) is 6.87. The number of pyridine rings is 2. The highest BCUT2D eigenvalue weighted by Gasteiger charge is 2.31. The number of carbonyl (C=O) groups is 1. The van der Waals surface area contributed by atoms with Crippen LogP contribution in [-0.2, 0) is 0 Å². The molecule has 0 bridgehead atoms. The molecule has 0 N–H and O–H groups in total. The molecule has 126 valence electrons. The molecule has 1 saturated heterocycles. The molecule has 0 saturated carbocycles. The molecule has 0 spiro atoms. The zero-order chi connectivity index (χ0) is 17.4. The number of fused-ring (bicyclic) bond motifs is 1. The van der Waals surface area contributed by atoms with Crippen molar-refractivity contribution in [2.24, 2.45) is 0 Å². The smallest absolute Gasteiger partial charge is 0.272 e. The Morgan fingerprint density at radius 2 is 1.96 bits per heavy atom. The predicted octanol–water partition coefficient (Wildman–Crippen LogP) is 4.57. The molecule has 0 unspecified atom stereocenters. The van der Waals surface area contributed by atoms with Gasteiger partial charge in [0.1, 0.15) is 5.69 Å². The SMILES string of the molecule is Cc1cncc2ccc(C(=O)N3CCC[C@H]3c3ccc(Cl)cc3)nc12. The summed E-state index contributed by atoms with van der Waals surface area (Å²) >= 11 is 5.99. The lowest BCUT2D eigenvalue weighted by atomic mass is 10.0. The lowest BCUT2D eigenvalue weighted by Gasteiger charge is -2.25. The summed E-state index contributed by atoms with van der Waals surface area (Å²) in [4.78, 5) is 23.8. The van der Waals surface area contributed by atoms with E-state index in [0.29, 0.717) is 10.7 Å². The molecule has 1 atom stereocenters. The van der Waals surface area contributed by atoms with E-state index in [0.717, 1.165) is 41.4 Å². The lowest BCUT2D eigenvalue weighted by molar-refractivity contribution is 0.0730. The van der Waals surface area contributed by atoms with Crippen molar-refractivity contribution in [3.05, 3.63) is 70.6 Å². The topological polar surface area (TPSA) is 46.1 Å². The summed E-state index contributed by atoms with van der Waals surface area (Å²) in [6.45, 7) is 2.71. The van der Waals surface area contributed by atoms with Crippen LogP contribution < -0.4 is 0 Å². The highest BCUT2D eigenvalue weighted by Crippen LogP contribution is 2.33. The highest BCUT2D eigenvalue weighted by molar-refractivity contribution is 6.30. The Kier molecular flexibility index (Phi) is 4.14. The fourth-order valence-corrected chi connectivity index (χ4v) is 3.61. The van der Waals surface area contributed by atoms with Crippen molar-refractivity contribution in [1.29, 1.82) is 0 Å². The molecule has 3 heterocycles. The fraction of sp³-hybridized carbons (Fsp3) is 0.250. The standard InChI is InChI=1S/C20H18ClN3O/c1-13-11-22-12-15-6-9-17(23-19(13)15)20(25)24-10-2-3-18(24)14-4-7-16(21)8-5-14/h4-9,11-12,18H,2-3,10H2,1H3/t18-/m0/s1. The number of aromatic nitrogens is 2. The van der Waals surface area contributed by atoms with Crippen molar-refractivity contribution >= 4 is 28.4 Å². The molecular weight excluding hydrogens is 334 g/mol. The Balaban J connectivity index is 1.67. The molecule has 0 radical (unpaired) electrons. The Labute approximate surface area is 151 Å². The molecule has 1 fully saturated rings. The van der Waals surface area contributed by atoms with Crippen LogP contribution in [0.5, 0.6) is 0 Å². The highest BCUT2D eigenvalue weighted by atomic mass is 35.5. The van der Waals surface area contributed by atoms with Gasteiger partial charge in [-0.05, 0) is 55.2 Å². The molecule has 0 aliphatic carbocycles. The maximum Gasteiger partial charge on any atom is 0.272 e. The Morgan fingerprint density at radius 1 is 1.16 bits per heavy atom. The lowest BCUT2D eigenvalue weighted by Crippen LogP contribution is -2.31. The summed E-state index contributed by atoms with van der Waals surface area (Å²) in [7, 11) is 0. The number of nitrogens with zero attached hydrogens (tertiary/aromatic N) is 3. The quantitative estimate of drug-likeness (QED) is 0.679. The van der Waals surface area contributed by atoms with E-state index in [9.17, 15) is 4.79 Å². The van der Waals surface area contributed by atoms with E-state index in [1.165, 1.54) is 0 Å². The summed E-state index contributed by atoms with van der Waals surface area (Å²) in [6.07, 6.45) is 5.51. The van der Waals surface area contributed by atoms with E-state index in [1.807, 2.05) is 42.2 Å². The van der Waals surface area contributed by atoms with Gasteiger partial charge in [0, 0.05) is 29.3 Å². The minimum absolute atomic E-state index is 0.0180. The van der Waals surface area contributed by atoms with Gasteiger partial charge in [0.05, 0.1) is 11.6 Å². The van der Waals surface area contributed by atoms with Gasteiger partial charge >= 0.3 is 0 Å². The molecule has 5 heteroatoms. The van der Waals surface area contributed by atoms with E-state index in [4.69, 9.17) is 11.6 Å². The average Bonchev–Trinajstić information content (AvgIpc) is 3.11. The van der Waals surface area contributed by atoms with Gasteiger partial charge in [-0.15, -0.1) is 0 Å². The summed E-state index contributed by atoms with van der Waals surface area (Å²) in [6, 6.07) is 11.6. The van der Waals surface area contributed by atoms with Crippen LogP contribution in [0.2, 0.25) is 5.02 Å². The van der Waals surface area contributed by atoms with Crippen molar-refractivity contribution in [2.75, 3.05) is 6.54 Å². The molecule has 1 amide bonds. The first-order chi connectivity index (χ1) is 12.1. The third-order valence-corrected chi connectivity index (χ3v) is 5.02. The van der Waals surface area contributed by atoms with Crippen molar-refractivity contribution < 1.29 is 4.79 Å². The maximum atomic E-state index is 13.1. The van der Waals surface area contributed by atoms with Gasteiger partial charge in [-0.1, -0.05) is 23.7 Å². The van der Waals surface area contributed by atoms with E-state index >= 15 is 0 Å². The van der Waals surface area contributed by atoms with Crippen molar-refractivity contribution in [2.45, 2.75) is 25.8 Å². The number of rotatable bonds is 2. The monoisotopic (exact) mass is 351 g/mol. The van der Waals surface area contributed by atoms with E-state index in [2.05, 4.69) is 9.97 Å². The predicted molar refractivity (Wildman–Crippen MR) is 98.7 cm³/mol. The molecule has 1 aliphatic rings. The first-order valence-corrected chi connectivity index (χ1v) is 8.79. The number of hydrogen-bond donors (Lipinski definition) is 0. The van der Waals surface area contributed by atoms with Crippen LogP contribution >= 0.6 is 11.6 Å². The Hall–Kier alpha value is -2.46. The van der Waals surface area contributed by atoms with Gasteiger partial charge in [0.2, 0.25) is 0 Å². The Morgan fingerprint density at radius 3 is 2.76 bits per heavy atom. The first kappa shape index (κ1) is 16.0. The molecule has 1 aromatic carbocycles. The van der Waals surface area contributed by atoms with Gasteiger partial charge in [0.15, 0.2) is 0 Å². The van der Waals surface area contributed by atoms with E-state index < -0.39 is 0 Å². The third-order valence-electron chi connectivity index (χ3n) is 4.77. The second-order valence-electron chi connectivity index (χ2n) is 6.43. The number of amides is 1. The number of hydrogen-bond acceptors (Lipinski definition) is 3. The summed E-state index contributed by atoms with van der Waals surface area (Å²) in [5, 5.41) is 1.66. The van der Waals surface area contributed by atoms with Crippen LogP contribution in [-0.4, -0.2) is 27.3 Å². The molecule has 2 aromatic heterocycles. The van der Waals surface area contributed by atoms with Gasteiger partial charge in [-0.2, -0.15) is 0 Å². The maximum absolute atomic E-state index is 13.1. The fourth-order valence-electron chi connectivity index (χ4n) is 3.49. The molecule has 25 heavy (non-hydrogen) atoms. The van der Waals surface area contributed by atoms with Crippen molar-refractivity contribution in [3.8, 4) is 0 Å². The van der Waals surface area contributed by atoms with Crippen LogP contribution in [0, 0.1) is 6.92 Å². The van der Waals surface area contributed by atoms with E-state index in [1.54, 1.807) is 18.5 Å². The number of carbonyl (C=O) groups excluding carboxylic acids is 1. The molecule has 4 nitrogen and oxygen atoms in total. The van der Waals surface area contributed by atoms with Crippen LogP contribution in [0.25, 0.3) is 10.9 Å². The summed E-state index contributed by atoms with van der Waals surface area (Å²) in [5.74, 6) is -0.0180. The molecule has 3 aromatic rings. The molecular formula is C20H18ClN3O. The number of halogens is 1. The van der Waals surface area contributed by atoms with Gasteiger partial charge in [-0.3, -0.25) is 9.78 Å². The number of likely N-dealkylation sites (tertiary alicyclic amines) is 1. The van der Waals surface area contributed by atoms with Crippen molar-refractivity contribution in [1.82, 2.24) is 14.9 Å². The van der Waals surface area contributed by atoms with Crippen LogP contribution in [0.4, 0.5) is 0 Å². The number of aryl methyl sites for hydroxylation is 1. The molecule has 1 aliphatic heterocycles. The van der Waals surface area contributed by atoms with Crippen LogP contribution in [0.3, 0.4) is 0 Å². The summed E-state index contributed by atoms with van der Waals surface area (Å²) in [5.41, 5.74) is 3.42. The normalized spacial score (nSPS) is 17.2. The third kappa shape index (κ3) is 2.98. The zero-order valence-corrected chi connectivity index (χ0v) is 14.7. The minimum atomic E-state index is -0.0180. The van der Waals surface area contributed by atoms with Crippen LogP contribution in [0.15, 0.2) is 48.8 Å². The van der Waals surface area contributed by atoms with Gasteiger partial charge in [0.25, 0.3) is 5.91 Å². The average molecular weight is 352 g/mol. The van der Waals surface area contributed by atoms with Crippen LogP contribution in [0.1, 0.15) is 40.5 Å². The van der Waals surface area contributed by atoms with E-state index in [-0.39, 0.29) is 11.9 Å². The second kappa shape index (κ2) is 6.45. The summed E-state index contributed by atoms with van der Waals surface area (Å²) < 4.78 is 0. The van der Waals surface area contributed by atoms with Crippen molar-refractivity contribution in [3.63, 3.8) is 0 Å². The van der Waals surface area contributed by atoms with Gasteiger partial charge in [-0.25, -0.2) is 4.98 Å². The van der Waals surface area contributed by atoms with Gasteiger partial charge < -0.3 is 4.90 Å². The Bertz CT molecular complexity index is 939.